The molecule has 0 atom stereocenters. The third-order valence-corrected chi connectivity index (χ3v) is 4.16. The van der Waals surface area contributed by atoms with E-state index in [9.17, 15) is 18.0 Å². The summed E-state index contributed by atoms with van der Waals surface area (Å²) in [6, 6.07) is 10.6. The second-order valence-electron chi connectivity index (χ2n) is 7.26. The van der Waals surface area contributed by atoms with Crippen LogP contribution in [0.25, 0.3) is 11.1 Å². The first-order valence-electron chi connectivity index (χ1n) is 8.36. The first-order valence-corrected chi connectivity index (χ1v) is 8.36. The van der Waals surface area contributed by atoms with Crippen molar-refractivity contribution in [2.24, 2.45) is 0 Å². The van der Waals surface area contributed by atoms with Crippen molar-refractivity contribution in [3.8, 4) is 11.1 Å². The van der Waals surface area contributed by atoms with Gasteiger partial charge in [-0.05, 0) is 62.1 Å². The minimum Gasteiger partial charge on any atom is -0.443 e. The average molecular weight is 363 g/mol. The molecule has 2 aromatic rings. The number of anilines is 1. The number of carbonyl (C=O) groups excluding carboxylic acids is 1. The molecule has 0 bridgehead atoms. The monoisotopic (exact) mass is 363 g/mol. The second kappa shape index (κ2) is 6.34. The Morgan fingerprint density at radius 2 is 1.69 bits per heavy atom. The Hall–Kier alpha value is -2.50. The van der Waals surface area contributed by atoms with E-state index in [2.05, 4.69) is 0 Å². The summed E-state index contributed by atoms with van der Waals surface area (Å²) in [5, 5.41) is 0. The third kappa shape index (κ3) is 3.69. The minimum absolute atomic E-state index is 0.416. The Labute approximate surface area is 150 Å². The Morgan fingerprint density at radius 1 is 1.04 bits per heavy atom. The number of nitrogens with zero attached hydrogens (tertiary/aromatic N) is 1. The number of fused-ring (bicyclic) bond motifs is 1. The summed E-state index contributed by atoms with van der Waals surface area (Å²) in [5.41, 5.74) is 1.95. The zero-order valence-electron chi connectivity index (χ0n) is 14.9. The van der Waals surface area contributed by atoms with Gasteiger partial charge in [0.15, 0.2) is 0 Å². The maximum atomic E-state index is 12.8. The van der Waals surface area contributed by atoms with E-state index < -0.39 is 23.4 Å². The van der Waals surface area contributed by atoms with Gasteiger partial charge in [0.2, 0.25) is 0 Å². The summed E-state index contributed by atoms with van der Waals surface area (Å²) in [6.07, 6.45) is -4.14. The summed E-state index contributed by atoms with van der Waals surface area (Å²) in [5.74, 6) is 0. The Morgan fingerprint density at radius 3 is 2.27 bits per heavy atom. The SMILES string of the molecule is CC(C)(C)OC(=O)N1CCc2c(-c3ccc(C(F)(F)F)cc3)cccc21. The quantitative estimate of drug-likeness (QED) is 0.653. The minimum atomic E-state index is -4.36. The smallest absolute Gasteiger partial charge is 0.416 e. The highest BCUT2D eigenvalue weighted by molar-refractivity contribution is 5.93. The van der Waals surface area contributed by atoms with Crippen LogP contribution in [0.2, 0.25) is 0 Å². The number of hydrogen-bond acceptors (Lipinski definition) is 2. The molecule has 1 aliphatic rings. The lowest BCUT2D eigenvalue weighted by atomic mass is 9.97. The number of carbonyl (C=O) groups is 1. The van der Waals surface area contributed by atoms with Crippen molar-refractivity contribution in [1.82, 2.24) is 0 Å². The number of benzene rings is 2. The molecule has 0 radical (unpaired) electrons. The highest BCUT2D eigenvalue weighted by atomic mass is 19.4. The number of halogens is 3. The van der Waals surface area contributed by atoms with Gasteiger partial charge in [-0.3, -0.25) is 4.90 Å². The summed E-state index contributed by atoms with van der Waals surface area (Å²) < 4.78 is 43.7. The fraction of sp³-hybridized carbons (Fsp3) is 0.350. The van der Waals surface area contributed by atoms with Crippen LogP contribution in [-0.2, 0) is 17.3 Å². The van der Waals surface area contributed by atoms with Crippen molar-refractivity contribution >= 4 is 11.8 Å². The number of rotatable bonds is 1. The zero-order chi connectivity index (χ0) is 19.1. The first-order chi connectivity index (χ1) is 12.1. The van der Waals surface area contributed by atoms with Crippen LogP contribution in [0, 0.1) is 0 Å². The van der Waals surface area contributed by atoms with E-state index in [0.29, 0.717) is 18.5 Å². The first kappa shape index (κ1) is 18.3. The van der Waals surface area contributed by atoms with Crippen molar-refractivity contribution in [1.29, 1.82) is 0 Å². The fourth-order valence-corrected chi connectivity index (χ4v) is 3.05. The molecule has 0 saturated carbocycles. The van der Waals surface area contributed by atoms with Crippen LogP contribution in [0.3, 0.4) is 0 Å². The number of amides is 1. The van der Waals surface area contributed by atoms with Gasteiger partial charge in [-0.1, -0.05) is 24.3 Å². The van der Waals surface area contributed by atoms with Gasteiger partial charge in [-0.25, -0.2) is 4.79 Å². The number of alkyl halides is 3. The van der Waals surface area contributed by atoms with Crippen LogP contribution >= 0.6 is 0 Å². The highest BCUT2D eigenvalue weighted by Gasteiger charge is 2.32. The van der Waals surface area contributed by atoms with E-state index in [-0.39, 0.29) is 0 Å². The number of hydrogen-bond donors (Lipinski definition) is 0. The largest absolute Gasteiger partial charge is 0.443 e. The Bertz CT molecular complexity index is 820. The summed E-state index contributed by atoms with van der Waals surface area (Å²) in [7, 11) is 0. The molecule has 0 aliphatic carbocycles. The maximum Gasteiger partial charge on any atom is 0.416 e. The van der Waals surface area contributed by atoms with E-state index in [1.54, 1.807) is 31.7 Å². The fourth-order valence-electron chi connectivity index (χ4n) is 3.05. The molecule has 0 unspecified atom stereocenters. The molecule has 26 heavy (non-hydrogen) atoms. The van der Waals surface area contributed by atoms with E-state index >= 15 is 0 Å². The number of ether oxygens (including phenoxy) is 1. The molecule has 1 aliphatic heterocycles. The van der Waals surface area contributed by atoms with Gasteiger partial charge < -0.3 is 4.74 Å². The maximum absolute atomic E-state index is 12.8. The van der Waals surface area contributed by atoms with E-state index in [0.717, 1.165) is 28.9 Å². The Kier molecular flexibility index (Phi) is 4.46. The van der Waals surface area contributed by atoms with Crippen molar-refractivity contribution in [3.63, 3.8) is 0 Å². The molecule has 138 valence electrons. The van der Waals surface area contributed by atoms with Crippen LogP contribution in [-0.4, -0.2) is 18.2 Å². The molecule has 1 heterocycles. The van der Waals surface area contributed by atoms with Gasteiger partial charge in [0.05, 0.1) is 11.3 Å². The van der Waals surface area contributed by atoms with Crippen molar-refractivity contribution < 1.29 is 22.7 Å². The van der Waals surface area contributed by atoms with Gasteiger partial charge in [0.25, 0.3) is 0 Å². The average Bonchev–Trinajstić information content (AvgIpc) is 2.96. The Balaban J connectivity index is 1.92. The second-order valence-corrected chi connectivity index (χ2v) is 7.26. The van der Waals surface area contributed by atoms with Gasteiger partial charge in [0.1, 0.15) is 5.60 Å². The van der Waals surface area contributed by atoms with Crippen LogP contribution < -0.4 is 4.90 Å². The molecule has 0 aromatic heterocycles. The molecule has 3 rings (SSSR count). The van der Waals surface area contributed by atoms with Crippen LogP contribution in [0.5, 0.6) is 0 Å². The molecule has 0 N–H and O–H groups in total. The van der Waals surface area contributed by atoms with Crippen LogP contribution in [0.4, 0.5) is 23.7 Å². The highest BCUT2D eigenvalue weighted by Crippen LogP contribution is 2.38. The lowest BCUT2D eigenvalue weighted by molar-refractivity contribution is -0.137. The van der Waals surface area contributed by atoms with Crippen LogP contribution in [0.15, 0.2) is 42.5 Å². The predicted octanol–water partition coefficient (Wildman–Crippen LogP) is 5.67. The lowest BCUT2D eigenvalue weighted by Gasteiger charge is -2.25. The molecular weight excluding hydrogens is 343 g/mol. The molecular formula is C20H20F3NO2. The van der Waals surface area contributed by atoms with E-state index in [1.165, 1.54) is 12.1 Å². The molecule has 6 heteroatoms. The van der Waals surface area contributed by atoms with Crippen molar-refractivity contribution in [2.75, 3.05) is 11.4 Å². The normalized spacial score (nSPS) is 14.3. The molecule has 0 fully saturated rings. The van der Waals surface area contributed by atoms with Gasteiger partial charge in [0, 0.05) is 6.54 Å². The lowest BCUT2D eigenvalue weighted by Crippen LogP contribution is -2.35. The summed E-state index contributed by atoms with van der Waals surface area (Å²) >= 11 is 0. The van der Waals surface area contributed by atoms with Gasteiger partial charge >= 0.3 is 12.3 Å². The summed E-state index contributed by atoms with van der Waals surface area (Å²) in [4.78, 5) is 14.0. The van der Waals surface area contributed by atoms with E-state index in [4.69, 9.17) is 4.74 Å². The third-order valence-electron chi connectivity index (χ3n) is 4.16. The van der Waals surface area contributed by atoms with Crippen molar-refractivity contribution in [2.45, 2.75) is 39.0 Å². The van der Waals surface area contributed by atoms with E-state index in [1.807, 2.05) is 12.1 Å². The molecule has 2 aromatic carbocycles. The standard InChI is InChI=1S/C20H20F3NO2/c1-19(2,3)26-18(25)24-12-11-16-15(5-4-6-17(16)24)13-7-9-14(10-8-13)20(21,22)23/h4-10H,11-12H2,1-3H3. The van der Waals surface area contributed by atoms with Gasteiger partial charge in [-0.2, -0.15) is 13.2 Å². The molecule has 0 spiro atoms. The van der Waals surface area contributed by atoms with Gasteiger partial charge in [-0.15, -0.1) is 0 Å². The topological polar surface area (TPSA) is 29.5 Å². The summed E-state index contributed by atoms with van der Waals surface area (Å²) in [6.45, 7) is 5.91. The predicted molar refractivity (Wildman–Crippen MR) is 94.2 cm³/mol. The zero-order valence-corrected chi connectivity index (χ0v) is 14.9. The van der Waals surface area contributed by atoms with Crippen LogP contribution in [0.1, 0.15) is 31.9 Å². The molecule has 1 amide bonds. The molecule has 3 nitrogen and oxygen atoms in total. The van der Waals surface area contributed by atoms with Crippen molar-refractivity contribution in [3.05, 3.63) is 53.6 Å². The molecule has 0 saturated heterocycles.